The molecule has 0 bridgehead atoms. The van der Waals surface area contributed by atoms with Gasteiger partial charge in [0.05, 0.1) is 5.69 Å². The summed E-state index contributed by atoms with van der Waals surface area (Å²) in [5.74, 6) is 2.49. The van der Waals surface area contributed by atoms with Crippen LogP contribution in [-0.2, 0) is 19.4 Å². The van der Waals surface area contributed by atoms with Crippen molar-refractivity contribution in [1.29, 1.82) is 0 Å². The second kappa shape index (κ2) is 8.70. The lowest BCUT2D eigenvalue weighted by molar-refractivity contribution is 0.378. The zero-order valence-corrected chi connectivity index (χ0v) is 15.2. The summed E-state index contributed by atoms with van der Waals surface area (Å²) in [5, 5.41) is 7.45. The average Bonchev–Trinajstić information content (AvgIpc) is 3.29. The van der Waals surface area contributed by atoms with Crippen LogP contribution in [-0.4, -0.2) is 35.7 Å². The summed E-state index contributed by atoms with van der Waals surface area (Å²) in [6, 6.07) is 12.8. The van der Waals surface area contributed by atoms with E-state index in [4.69, 9.17) is 9.52 Å². The van der Waals surface area contributed by atoms with Crippen LogP contribution in [0.4, 0.5) is 0 Å². The quantitative estimate of drug-likeness (QED) is 0.648. The molecular weight excluding hydrogens is 312 g/mol. The van der Waals surface area contributed by atoms with E-state index >= 15 is 0 Å². The van der Waals surface area contributed by atoms with Gasteiger partial charge >= 0.3 is 0 Å². The molecule has 0 radical (unpaired) electrons. The van der Waals surface area contributed by atoms with E-state index in [-0.39, 0.29) is 0 Å². The second-order valence-corrected chi connectivity index (χ2v) is 6.60. The van der Waals surface area contributed by atoms with Gasteiger partial charge in [0.1, 0.15) is 6.54 Å². The van der Waals surface area contributed by atoms with Gasteiger partial charge in [-0.1, -0.05) is 42.4 Å². The highest BCUT2D eigenvalue weighted by molar-refractivity contribution is 5.80. The molecule has 2 heterocycles. The summed E-state index contributed by atoms with van der Waals surface area (Å²) in [4.78, 5) is 7.12. The van der Waals surface area contributed by atoms with E-state index in [9.17, 15) is 0 Å². The van der Waals surface area contributed by atoms with Crippen LogP contribution in [0.15, 0.2) is 45.9 Å². The molecule has 1 unspecified atom stereocenters. The number of aromatic nitrogens is 1. The van der Waals surface area contributed by atoms with Crippen LogP contribution < -0.4 is 5.32 Å². The molecule has 3 rings (SSSR count). The van der Waals surface area contributed by atoms with Gasteiger partial charge in [-0.3, -0.25) is 0 Å². The molecule has 134 valence electrons. The summed E-state index contributed by atoms with van der Waals surface area (Å²) >= 11 is 0. The number of aliphatic imine (C=N–C) groups is 1. The first-order valence-corrected chi connectivity index (χ1v) is 9.30. The molecule has 1 aliphatic heterocycles. The lowest BCUT2D eigenvalue weighted by Gasteiger charge is -2.21. The van der Waals surface area contributed by atoms with Gasteiger partial charge in [0.2, 0.25) is 0 Å². The monoisotopic (exact) mass is 340 g/mol. The third-order valence-corrected chi connectivity index (χ3v) is 4.64. The van der Waals surface area contributed by atoms with Gasteiger partial charge in [-0.2, -0.15) is 0 Å². The minimum Gasteiger partial charge on any atom is -0.359 e. The molecule has 1 saturated heterocycles. The minimum atomic E-state index is 0.537. The Morgan fingerprint density at radius 3 is 2.88 bits per heavy atom. The predicted molar refractivity (Wildman–Crippen MR) is 101 cm³/mol. The standard InChI is InChI=1S/C20H28N4O/c1-3-18-13-19(25-23-18)14-22-20(21-4-2)24-11-10-17(15-24)12-16-8-6-5-7-9-16/h5-9,13,17H,3-4,10-12,14-15H2,1-2H3,(H,21,22). The lowest BCUT2D eigenvalue weighted by Crippen LogP contribution is -2.40. The minimum absolute atomic E-state index is 0.537. The maximum absolute atomic E-state index is 5.34. The van der Waals surface area contributed by atoms with Crippen molar-refractivity contribution in [2.45, 2.75) is 39.7 Å². The van der Waals surface area contributed by atoms with E-state index in [1.165, 1.54) is 12.0 Å². The first-order chi connectivity index (χ1) is 12.3. The fourth-order valence-electron chi connectivity index (χ4n) is 3.31. The Morgan fingerprint density at radius 2 is 2.16 bits per heavy atom. The lowest BCUT2D eigenvalue weighted by atomic mass is 9.99. The van der Waals surface area contributed by atoms with Gasteiger partial charge in [0.15, 0.2) is 11.7 Å². The SMILES string of the molecule is CCNC(=NCc1cc(CC)no1)N1CCC(Cc2ccccc2)C1. The molecule has 1 fully saturated rings. The van der Waals surface area contributed by atoms with E-state index in [1.54, 1.807) is 0 Å². The number of hydrogen-bond donors (Lipinski definition) is 1. The van der Waals surface area contributed by atoms with Crippen molar-refractivity contribution in [3.05, 3.63) is 53.4 Å². The number of aryl methyl sites for hydroxylation is 1. The highest BCUT2D eigenvalue weighted by atomic mass is 16.5. The molecular formula is C20H28N4O. The van der Waals surface area contributed by atoms with E-state index in [2.05, 4.69) is 59.6 Å². The van der Waals surface area contributed by atoms with E-state index in [0.717, 1.165) is 49.9 Å². The van der Waals surface area contributed by atoms with Crippen LogP contribution in [0, 0.1) is 5.92 Å². The van der Waals surface area contributed by atoms with Crippen molar-refractivity contribution in [3.8, 4) is 0 Å². The summed E-state index contributed by atoms with van der Waals surface area (Å²) in [5.41, 5.74) is 2.41. The van der Waals surface area contributed by atoms with Crippen LogP contribution >= 0.6 is 0 Å². The Bertz CT molecular complexity index is 680. The van der Waals surface area contributed by atoms with E-state index < -0.39 is 0 Å². The van der Waals surface area contributed by atoms with Gasteiger partial charge in [0.25, 0.3) is 0 Å². The zero-order chi connectivity index (χ0) is 17.5. The van der Waals surface area contributed by atoms with Crippen LogP contribution in [0.2, 0.25) is 0 Å². The van der Waals surface area contributed by atoms with Crippen LogP contribution in [0.3, 0.4) is 0 Å². The molecule has 0 amide bonds. The zero-order valence-electron chi connectivity index (χ0n) is 15.2. The molecule has 5 nitrogen and oxygen atoms in total. The Hall–Kier alpha value is -2.30. The van der Waals surface area contributed by atoms with Crippen LogP contribution in [0.25, 0.3) is 0 Å². The third kappa shape index (κ3) is 4.84. The normalized spacial score (nSPS) is 17.9. The molecule has 0 aliphatic carbocycles. The maximum atomic E-state index is 5.34. The van der Waals surface area contributed by atoms with E-state index in [0.29, 0.717) is 12.5 Å². The summed E-state index contributed by atoms with van der Waals surface area (Å²) < 4.78 is 5.34. The molecule has 0 spiro atoms. The van der Waals surface area contributed by atoms with Crippen molar-refractivity contribution in [3.63, 3.8) is 0 Å². The maximum Gasteiger partial charge on any atom is 0.194 e. The molecule has 1 aromatic heterocycles. The van der Waals surface area contributed by atoms with Crippen molar-refractivity contribution in [2.24, 2.45) is 10.9 Å². The molecule has 1 atom stereocenters. The van der Waals surface area contributed by atoms with Gasteiger partial charge in [0, 0.05) is 25.7 Å². The first kappa shape index (κ1) is 17.5. The van der Waals surface area contributed by atoms with Gasteiger partial charge in [-0.15, -0.1) is 0 Å². The third-order valence-electron chi connectivity index (χ3n) is 4.64. The summed E-state index contributed by atoms with van der Waals surface area (Å²) in [6.45, 7) is 7.70. The van der Waals surface area contributed by atoms with Crippen molar-refractivity contribution in [2.75, 3.05) is 19.6 Å². The highest BCUT2D eigenvalue weighted by Gasteiger charge is 2.25. The van der Waals surface area contributed by atoms with Gasteiger partial charge in [-0.05, 0) is 37.7 Å². The summed E-state index contributed by atoms with van der Waals surface area (Å²) in [7, 11) is 0. The van der Waals surface area contributed by atoms with Crippen LogP contribution in [0.1, 0.15) is 37.3 Å². The smallest absolute Gasteiger partial charge is 0.194 e. The Kier molecular flexibility index (Phi) is 6.09. The molecule has 1 aliphatic rings. The number of guanidine groups is 1. The molecule has 1 N–H and O–H groups in total. The average molecular weight is 340 g/mol. The fraction of sp³-hybridized carbons (Fsp3) is 0.500. The van der Waals surface area contributed by atoms with Crippen molar-refractivity contribution < 1.29 is 4.52 Å². The Balaban J connectivity index is 1.59. The molecule has 2 aromatic rings. The number of benzene rings is 1. The molecule has 1 aromatic carbocycles. The number of likely N-dealkylation sites (tertiary alicyclic amines) is 1. The van der Waals surface area contributed by atoms with Crippen molar-refractivity contribution >= 4 is 5.96 Å². The first-order valence-electron chi connectivity index (χ1n) is 9.30. The number of rotatable bonds is 6. The molecule has 0 saturated carbocycles. The van der Waals surface area contributed by atoms with Crippen LogP contribution in [0.5, 0.6) is 0 Å². The topological polar surface area (TPSA) is 53.7 Å². The predicted octanol–water partition coefficient (Wildman–Crippen LogP) is 3.27. The highest BCUT2D eigenvalue weighted by Crippen LogP contribution is 2.21. The number of nitrogens with zero attached hydrogens (tertiary/aromatic N) is 3. The largest absolute Gasteiger partial charge is 0.359 e. The Labute approximate surface area is 150 Å². The second-order valence-electron chi connectivity index (χ2n) is 6.60. The van der Waals surface area contributed by atoms with Gasteiger partial charge in [-0.25, -0.2) is 4.99 Å². The number of nitrogens with one attached hydrogen (secondary N) is 1. The van der Waals surface area contributed by atoms with E-state index in [1.807, 2.05) is 6.07 Å². The summed E-state index contributed by atoms with van der Waals surface area (Å²) in [6.07, 6.45) is 3.24. The Morgan fingerprint density at radius 1 is 1.32 bits per heavy atom. The number of hydrogen-bond acceptors (Lipinski definition) is 3. The van der Waals surface area contributed by atoms with Crippen molar-refractivity contribution in [1.82, 2.24) is 15.4 Å². The van der Waals surface area contributed by atoms with Gasteiger partial charge < -0.3 is 14.7 Å². The molecule has 5 heteroatoms. The fourth-order valence-corrected chi connectivity index (χ4v) is 3.31. The molecule has 25 heavy (non-hydrogen) atoms.